The number of benzene rings is 4. The molecule has 4 aromatic carbocycles. The summed E-state index contributed by atoms with van der Waals surface area (Å²) < 4.78 is 13.8. The zero-order valence-corrected chi connectivity index (χ0v) is 26.4. The van der Waals surface area contributed by atoms with E-state index in [0.717, 1.165) is 30.8 Å². The monoisotopic (exact) mass is 617 g/mol. The minimum atomic E-state index is -0.268. The molecule has 0 aliphatic carbocycles. The number of nitrogens with zero attached hydrogens (tertiary/aromatic N) is 2. The molecule has 1 aliphatic heterocycles. The highest BCUT2D eigenvalue weighted by Gasteiger charge is 2.17. The van der Waals surface area contributed by atoms with Crippen LogP contribution in [0.2, 0.25) is 0 Å². The van der Waals surface area contributed by atoms with Gasteiger partial charge in [0.05, 0.1) is 12.6 Å². The number of nitrogens with one attached hydrogen (secondary N) is 3. The van der Waals surface area contributed by atoms with Gasteiger partial charge < -0.3 is 30.0 Å². The number of ether oxygens (including phenoxy) is 2. The highest BCUT2D eigenvalue weighted by molar-refractivity contribution is 6.04. The zero-order chi connectivity index (χ0) is 32.0. The Balaban J connectivity index is 1.11. The Labute approximate surface area is 269 Å². The van der Waals surface area contributed by atoms with Crippen molar-refractivity contribution in [3.63, 3.8) is 0 Å². The van der Waals surface area contributed by atoms with Gasteiger partial charge in [-0.15, -0.1) is 0 Å². The van der Waals surface area contributed by atoms with Crippen molar-refractivity contribution in [3.8, 4) is 22.9 Å². The van der Waals surface area contributed by atoms with Gasteiger partial charge in [-0.3, -0.25) is 9.69 Å². The van der Waals surface area contributed by atoms with Crippen LogP contribution in [-0.2, 0) is 6.54 Å². The number of likely N-dealkylation sites (tertiary alicyclic amines) is 1. The molecule has 1 aliphatic rings. The van der Waals surface area contributed by atoms with Crippen molar-refractivity contribution in [3.05, 3.63) is 108 Å². The molecule has 0 radical (unpaired) electrons. The number of carbonyl (C=O) groups is 2. The number of para-hydroxylation sites is 1. The summed E-state index contributed by atoms with van der Waals surface area (Å²) >= 11 is 0. The van der Waals surface area contributed by atoms with E-state index in [2.05, 4.69) is 55.9 Å². The van der Waals surface area contributed by atoms with Crippen molar-refractivity contribution in [1.82, 2.24) is 14.8 Å². The van der Waals surface area contributed by atoms with Crippen LogP contribution in [0.1, 0.15) is 42.6 Å². The molecule has 5 aromatic rings. The standard InChI is InChI=1S/C37H39N5O4/c1-25(2)38-37(44)40-28-12-17-31(18-13-28)46-34-19-14-29(22-35(34)45-3)39-36(43)26-10-15-30(16-11-26)42-24-27(23-41-20-6-7-21-41)32-8-4-5-9-33(32)42/h4-5,8-19,22,24-25H,6-7,20-21,23H2,1-3H3,(H,39,43)(H2,38,40,44). The lowest BCUT2D eigenvalue weighted by molar-refractivity contribution is 0.102. The van der Waals surface area contributed by atoms with Gasteiger partial charge in [-0.05, 0) is 112 Å². The Morgan fingerprint density at radius 3 is 2.26 bits per heavy atom. The van der Waals surface area contributed by atoms with Gasteiger partial charge in [0, 0.05) is 52.9 Å². The van der Waals surface area contributed by atoms with Gasteiger partial charge in [-0.25, -0.2) is 4.79 Å². The Hall–Kier alpha value is -5.28. The molecular weight excluding hydrogens is 578 g/mol. The first-order chi connectivity index (χ1) is 22.4. The molecule has 0 atom stereocenters. The number of hydrogen-bond acceptors (Lipinski definition) is 5. The molecule has 0 saturated carbocycles. The van der Waals surface area contributed by atoms with Crippen LogP contribution in [0.15, 0.2) is 97.2 Å². The Morgan fingerprint density at radius 1 is 0.826 bits per heavy atom. The second-order valence-corrected chi connectivity index (χ2v) is 11.8. The second-order valence-electron chi connectivity index (χ2n) is 11.8. The molecule has 0 spiro atoms. The minimum Gasteiger partial charge on any atom is -0.493 e. The molecule has 3 amide bonds. The molecular formula is C37H39N5O4. The molecule has 46 heavy (non-hydrogen) atoms. The molecule has 9 heteroatoms. The van der Waals surface area contributed by atoms with Gasteiger partial charge in [-0.2, -0.15) is 0 Å². The van der Waals surface area contributed by atoms with Crippen molar-refractivity contribution < 1.29 is 19.1 Å². The minimum absolute atomic E-state index is 0.0395. The SMILES string of the molecule is COc1cc(NC(=O)c2ccc(-n3cc(CN4CCCC4)c4ccccc43)cc2)ccc1Oc1ccc(NC(=O)NC(C)C)cc1. The van der Waals surface area contributed by atoms with Crippen LogP contribution in [0.25, 0.3) is 16.6 Å². The number of hydrogen-bond donors (Lipinski definition) is 3. The van der Waals surface area contributed by atoms with Gasteiger partial charge in [0.1, 0.15) is 5.75 Å². The molecule has 0 bridgehead atoms. The molecule has 1 aromatic heterocycles. The Morgan fingerprint density at radius 2 is 1.54 bits per heavy atom. The van der Waals surface area contributed by atoms with Crippen molar-refractivity contribution >= 4 is 34.2 Å². The lowest BCUT2D eigenvalue weighted by atomic mass is 10.1. The third kappa shape index (κ3) is 7.16. The quantitative estimate of drug-likeness (QED) is 0.149. The number of carbonyl (C=O) groups excluding carboxylic acids is 2. The molecule has 9 nitrogen and oxygen atoms in total. The normalized spacial score (nSPS) is 13.1. The fourth-order valence-electron chi connectivity index (χ4n) is 5.74. The third-order valence-corrected chi connectivity index (χ3v) is 7.98. The lowest BCUT2D eigenvalue weighted by Gasteiger charge is -2.14. The number of methoxy groups -OCH3 is 1. The fraction of sp³-hybridized carbons (Fsp3) is 0.243. The number of amides is 3. The van der Waals surface area contributed by atoms with Crippen molar-refractivity contribution in [2.24, 2.45) is 0 Å². The summed E-state index contributed by atoms with van der Waals surface area (Å²) in [6.45, 7) is 7.04. The van der Waals surface area contributed by atoms with Crippen LogP contribution in [0, 0.1) is 0 Å². The summed E-state index contributed by atoms with van der Waals surface area (Å²) in [5.41, 5.74) is 5.26. The molecule has 3 N–H and O–H groups in total. The Bertz CT molecular complexity index is 1820. The zero-order valence-electron chi connectivity index (χ0n) is 26.4. The number of urea groups is 1. The van der Waals surface area contributed by atoms with Crippen LogP contribution in [-0.4, -0.2) is 47.6 Å². The van der Waals surface area contributed by atoms with E-state index in [9.17, 15) is 9.59 Å². The number of anilines is 2. The average Bonchev–Trinajstić information content (AvgIpc) is 3.71. The summed E-state index contributed by atoms with van der Waals surface area (Å²) in [7, 11) is 1.55. The second kappa shape index (κ2) is 13.8. The third-order valence-electron chi connectivity index (χ3n) is 7.98. The maximum Gasteiger partial charge on any atom is 0.319 e. The van der Waals surface area contributed by atoms with Gasteiger partial charge >= 0.3 is 6.03 Å². The molecule has 2 heterocycles. The highest BCUT2D eigenvalue weighted by Crippen LogP contribution is 2.34. The van der Waals surface area contributed by atoms with E-state index in [0.29, 0.717) is 34.2 Å². The first-order valence-corrected chi connectivity index (χ1v) is 15.6. The number of fused-ring (bicyclic) bond motifs is 1. The predicted molar refractivity (Wildman–Crippen MR) is 183 cm³/mol. The van der Waals surface area contributed by atoms with E-state index < -0.39 is 0 Å². The molecule has 0 unspecified atom stereocenters. The predicted octanol–water partition coefficient (Wildman–Crippen LogP) is 7.81. The first-order valence-electron chi connectivity index (χ1n) is 15.6. The van der Waals surface area contributed by atoms with E-state index in [1.807, 2.05) is 38.1 Å². The fourth-order valence-corrected chi connectivity index (χ4v) is 5.74. The van der Waals surface area contributed by atoms with Gasteiger partial charge in [-0.1, -0.05) is 18.2 Å². The van der Waals surface area contributed by atoms with Crippen LogP contribution in [0.3, 0.4) is 0 Å². The van der Waals surface area contributed by atoms with E-state index in [1.165, 1.54) is 23.8 Å². The summed E-state index contributed by atoms with van der Waals surface area (Å²) in [4.78, 5) is 27.6. The van der Waals surface area contributed by atoms with Gasteiger partial charge in [0.15, 0.2) is 11.5 Å². The summed E-state index contributed by atoms with van der Waals surface area (Å²) in [6.07, 6.45) is 4.76. The van der Waals surface area contributed by atoms with Crippen molar-refractivity contribution in [2.75, 3.05) is 30.8 Å². The average molecular weight is 618 g/mol. The van der Waals surface area contributed by atoms with Crippen LogP contribution in [0.4, 0.5) is 16.2 Å². The van der Waals surface area contributed by atoms with E-state index in [1.54, 1.807) is 49.6 Å². The van der Waals surface area contributed by atoms with Gasteiger partial charge in [0.25, 0.3) is 5.91 Å². The van der Waals surface area contributed by atoms with Crippen molar-refractivity contribution in [2.45, 2.75) is 39.3 Å². The van der Waals surface area contributed by atoms with E-state index in [4.69, 9.17) is 9.47 Å². The highest BCUT2D eigenvalue weighted by atomic mass is 16.5. The van der Waals surface area contributed by atoms with E-state index >= 15 is 0 Å². The van der Waals surface area contributed by atoms with Crippen LogP contribution in [0.5, 0.6) is 17.2 Å². The Kier molecular flexibility index (Phi) is 9.21. The smallest absolute Gasteiger partial charge is 0.319 e. The molecule has 1 saturated heterocycles. The largest absolute Gasteiger partial charge is 0.493 e. The maximum absolute atomic E-state index is 13.2. The molecule has 1 fully saturated rings. The summed E-state index contributed by atoms with van der Waals surface area (Å²) in [5, 5.41) is 9.79. The van der Waals surface area contributed by atoms with Crippen molar-refractivity contribution in [1.29, 1.82) is 0 Å². The van der Waals surface area contributed by atoms with E-state index in [-0.39, 0.29) is 18.0 Å². The molecule has 236 valence electrons. The topological polar surface area (TPSA) is 96.9 Å². The van der Waals surface area contributed by atoms with Crippen LogP contribution >= 0.6 is 0 Å². The summed E-state index contributed by atoms with van der Waals surface area (Å²) in [5.74, 6) is 1.31. The first kappa shape index (κ1) is 30.7. The lowest BCUT2D eigenvalue weighted by Crippen LogP contribution is -2.34. The maximum atomic E-state index is 13.2. The van der Waals surface area contributed by atoms with Crippen LogP contribution < -0.4 is 25.4 Å². The number of aromatic nitrogens is 1. The number of rotatable bonds is 10. The summed E-state index contributed by atoms with van der Waals surface area (Å²) in [6, 6.07) is 28.2. The van der Waals surface area contributed by atoms with Gasteiger partial charge in [0.2, 0.25) is 0 Å². The molecule has 6 rings (SSSR count).